The third-order valence-electron chi connectivity index (χ3n) is 2.69. The van der Waals surface area contributed by atoms with Crippen LogP contribution in [0, 0.1) is 0 Å². The van der Waals surface area contributed by atoms with Gasteiger partial charge in [-0.1, -0.05) is 36.8 Å². The molecule has 2 rings (SSSR count). The Kier molecular flexibility index (Phi) is 4.59. The lowest BCUT2D eigenvalue weighted by molar-refractivity contribution is 0.309. The van der Waals surface area contributed by atoms with Crippen LogP contribution in [0.4, 0.5) is 5.13 Å². The van der Waals surface area contributed by atoms with E-state index < -0.39 is 0 Å². The van der Waals surface area contributed by atoms with E-state index in [4.69, 9.17) is 10.5 Å². The molecule has 1 heterocycles. The Bertz CT molecular complexity index is 479. The zero-order chi connectivity index (χ0) is 12.8. The van der Waals surface area contributed by atoms with Gasteiger partial charge in [-0.2, -0.15) is 0 Å². The number of rotatable bonds is 6. The standard InChI is InChI=1S/C14H18N2OS/c1-2-3-4-11-5-7-12(8-6-11)17-10-13-9-16-14(15)18-13/h5-9H,2-4,10H2,1H3,(H2,15,16). The molecule has 0 saturated carbocycles. The molecule has 0 aliphatic rings. The van der Waals surface area contributed by atoms with Gasteiger partial charge in [-0.05, 0) is 30.5 Å². The van der Waals surface area contributed by atoms with Crippen LogP contribution in [0.15, 0.2) is 30.5 Å². The van der Waals surface area contributed by atoms with Crippen LogP contribution >= 0.6 is 11.3 Å². The molecule has 2 N–H and O–H groups in total. The van der Waals surface area contributed by atoms with Crippen molar-refractivity contribution in [2.45, 2.75) is 32.8 Å². The highest BCUT2D eigenvalue weighted by Gasteiger charge is 2.00. The van der Waals surface area contributed by atoms with Gasteiger partial charge in [0.2, 0.25) is 0 Å². The summed E-state index contributed by atoms with van der Waals surface area (Å²) in [5.41, 5.74) is 6.93. The predicted octanol–water partition coefficient (Wildman–Crippen LogP) is 3.65. The molecule has 0 unspecified atom stereocenters. The number of aryl methyl sites for hydroxylation is 1. The summed E-state index contributed by atoms with van der Waals surface area (Å²) in [6.45, 7) is 2.74. The molecular weight excluding hydrogens is 244 g/mol. The third kappa shape index (κ3) is 3.74. The maximum atomic E-state index is 5.68. The fraction of sp³-hybridized carbons (Fsp3) is 0.357. The number of thiazole rings is 1. The van der Waals surface area contributed by atoms with Gasteiger partial charge < -0.3 is 10.5 Å². The topological polar surface area (TPSA) is 48.1 Å². The van der Waals surface area contributed by atoms with Crippen molar-refractivity contribution in [1.29, 1.82) is 0 Å². The average Bonchev–Trinajstić information content (AvgIpc) is 2.81. The second kappa shape index (κ2) is 6.40. The lowest BCUT2D eigenvalue weighted by Gasteiger charge is -2.05. The minimum Gasteiger partial charge on any atom is -0.488 e. The number of hydrogen-bond acceptors (Lipinski definition) is 4. The lowest BCUT2D eigenvalue weighted by atomic mass is 10.1. The highest BCUT2D eigenvalue weighted by molar-refractivity contribution is 7.15. The van der Waals surface area contributed by atoms with Crippen molar-refractivity contribution in [1.82, 2.24) is 4.98 Å². The van der Waals surface area contributed by atoms with Gasteiger partial charge >= 0.3 is 0 Å². The highest BCUT2D eigenvalue weighted by atomic mass is 32.1. The Morgan fingerprint density at radius 3 is 2.67 bits per heavy atom. The van der Waals surface area contributed by atoms with Crippen LogP contribution in [0.1, 0.15) is 30.2 Å². The highest BCUT2D eigenvalue weighted by Crippen LogP contribution is 2.19. The summed E-state index contributed by atoms with van der Waals surface area (Å²) in [5, 5.41) is 0.587. The van der Waals surface area contributed by atoms with Crippen LogP contribution in [-0.4, -0.2) is 4.98 Å². The summed E-state index contributed by atoms with van der Waals surface area (Å²) in [6.07, 6.45) is 5.36. The zero-order valence-corrected chi connectivity index (χ0v) is 11.4. The maximum absolute atomic E-state index is 5.68. The largest absolute Gasteiger partial charge is 0.488 e. The summed E-state index contributed by atoms with van der Waals surface area (Å²) < 4.78 is 5.68. The fourth-order valence-electron chi connectivity index (χ4n) is 1.68. The van der Waals surface area contributed by atoms with Crippen LogP contribution in [-0.2, 0) is 13.0 Å². The van der Waals surface area contributed by atoms with E-state index in [1.165, 1.54) is 29.7 Å². The first-order valence-corrected chi connectivity index (χ1v) is 7.01. The van der Waals surface area contributed by atoms with Crippen molar-refractivity contribution in [3.63, 3.8) is 0 Å². The summed E-state index contributed by atoms with van der Waals surface area (Å²) in [7, 11) is 0. The Morgan fingerprint density at radius 2 is 2.06 bits per heavy atom. The van der Waals surface area contributed by atoms with E-state index in [0.717, 1.165) is 17.0 Å². The summed E-state index contributed by atoms with van der Waals surface area (Å²) >= 11 is 1.46. The van der Waals surface area contributed by atoms with Gasteiger partial charge in [0.15, 0.2) is 5.13 Å². The first-order chi connectivity index (χ1) is 8.78. The van der Waals surface area contributed by atoms with Gasteiger partial charge in [-0.25, -0.2) is 4.98 Å². The number of aromatic nitrogens is 1. The number of ether oxygens (including phenoxy) is 1. The van der Waals surface area contributed by atoms with E-state index in [1.54, 1.807) is 6.20 Å². The Morgan fingerprint density at radius 1 is 1.28 bits per heavy atom. The molecule has 0 spiro atoms. The molecule has 0 fully saturated rings. The van der Waals surface area contributed by atoms with E-state index in [0.29, 0.717) is 11.7 Å². The quantitative estimate of drug-likeness (QED) is 0.864. The van der Waals surface area contributed by atoms with Crippen LogP contribution in [0.2, 0.25) is 0 Å². The predicted molar refractivity (Wildman–Crippen MR) is 75.9 cm³/mol. The Labute approximate surface area is 112 Å². The summed E-state index contributed by atoms with van der Waals surface area (Å²) in [4.78, 5) is 5.04. The van der Waals surface area contributed by atoms with E-state index >= 15 is 0 Å². The van der Waals surface area contributed by atoms with Gasteiger partial charge in [-0.15, -0.1) is 0 Å². The van der Waals surface area contributed by atoms with E-state index in [1.807, 2.05) is 12.1 Å². The maximum Gasteiger partial charge on any atom is 0.180 e. The van der Waals surface area contributed by atoms with E-state index in [2.05, 4.69) is 24.0 Å². The van der Waals surface area contributed by atoms with Gasteiger partial charge in [0.05, 0.1) is 4.88 Å². The smallest absolute Gasteiger partial charge is 0.180 e. The number of unbranched alkanes of at least 4 members (excludes halogenated alkanes) is 1. The molecule has 0 aliphatic carbocycles. The Balaban J connectivity index is 1.86. The second-order valence-corrected chi connectivity index (χ2v) is 5.35. The van der Waals surface area contributed by atoms with Gasteiger partial charge in [0.25, 0.3) is 0 Å². The molecule has 0 saturated heterocycles. The van der Waals surface area contributed by atoms with Gasteiger partial charge in [0, 0.05) is 6.20 Å². The molecule has 96 valence electrons. The normalized spacial score (nSPS) is 10.5. The second-order valence-electron chi connectivity index (χ2n) is 4.20. The average molecular weight is 262 g/mol. The first-order valence-electron chi connectivity index (χ1n) is 6.20. The molecule has 1 aromatic heterocycles. The van der Waals surface area contributed by atoms with E-state index in [-0.39, 0.29) is 0 Å². The molecule has 0 atom stereocenters. The monoisotopic (exact) mass is 262 g/mol. The molecule has 1 aromatic carbocycles. The minimum absolute atomic E-state index is 0.531. The number of benzene rings is 1. The van der Waals surface area contributed by atoms with Crippen LogP contribution in [0.3, 0.4) is 0 Å². The molecule has 0 amide bonds. The van der Waals surface area contributed by atoms with Crippen LogP contribution < -0.4 is 10.5 Å². The first kappa shape index (κ1) is 12.9. The van der Waals surface area contributed by atoms with Gasteiger partial charge in [0.1, 0.15) is 12.4 Å². The lowest BCUT2D eigenvalue weighted by Crippen LogP contribution is -1.93. The third-order valence-corrected chi connectivity index (χ3v) is 3.49. The number of hydrogen-bond donors (Lipinski definition) is 1. The van der Waals surface area contributed by atoms with Crippen molar-refractivity contribution in [2.24, 2.45) is 0 Å². The van der Waals surface area contributed by atoms with Crippen molar-refractivity contribution in [3.8, 4) is 5.75 Å². The van der Waals surface area contributed by atoms with Crippen molar-refractivity contribution in [3.05, 3.63) is 40.9 Å². The van der Waals surface area contributed by atoms with Gasteiger partial charge in [-0.3, -0.25) is 0 Å². The molecule has 0 radical (unpaired) electrons. The molecule has 0 aliphatic heterocycles. The summed E-state index contributed by atoms with van der Waals surface area (Å²) in [6, 6.07) is 8.31. The molecule has 2 aromatic rings. The summed E-state index contributed by atoms with van der Waals surface area (Å²) in [5.74, 6) is 0.891. The number of nitrogens with two attached hydrogens (primary N) is 1. The number of anilines is 1. The fourth-order valence-corrected chi connectivity index (χ4v) is 2.27. The molecule has 4 heteroatoms. The van der Waals surface area contributed by atoms with Crippen molar-refractivity contribution < 1.29 is 4.74 Å². The van der Waals surface area contributed by atoms with Crippen LogP contribution in [0.5, 0.6) is 5.75 Å². The SMILES string of the molecule is CCCCc1ccc(OCc2cnc(N)s2)cc1. The molecule has 0 bridgehead atoms. The number of nitrogens with zero attached hydrogens (tertiary/aromatic N) is 1. The molecular formula is C14H18N2OS. The van der Waals surface area contributed by atoms with Crippen molar-refractivity contribution in [2.75, 3.05) is 5.73 Å². The number of nitrogen functional groups attached to an aromatic ring is 1. The van der Waals surface area contributed by atoms with Crippen molar-refractivity contribution >= 4 is 16.5 Å². The minimum atomic E-state index is 0.531. The zero-order valence-electron chi connectivity index (χ0n) is 10.6. The molecule has 3 nitrogen and oxygen atoms in total. The van der Waals surface area contributed by atoms with E-state index in [9.17, 15) is 0 Å². The molecule has 18 heavy (non-hydrogen) atoms. The van der Waals surface area contributed by atoms with Crippen LogP contribution in [0.25, 0.3) is 0 Å². The Hall–Kier alpha value is -1.55.